The minimum absolute atomic E-state index is 0.0338. The van der Waals surface area contributed by atoms with E-state index < -0.39 is 0 Å². The van der Waals surface area contributed by atoms with E-state index in [1.54, 1.807) is 6.92 Å². The average molecular weight is 352 g/mol. The summed E-state index contributed by atoms with van der Waals surface area (Å²) in [5.41, 5.74) is 3.24. The van der Waals surface area contributed by atoms with Gasteiger partial charge in [-0.1, -0.05) is 31.1 Å². The van der Waals surface area contributed by atoms with Crippen molar-refractivity contribution in [2.24, 2.45) is 0 Å². The van der Waals surface area contributed by atoms with Gasteiger partial charge >= 0.3 is 0 Å². The largest absolute Gasteiger partial charge is 0.436 e. The molecule has 0 bridgehead atoms. The summed E-state index contributed by atoms with van der Waals surface area (Å²) in [4.78, 5) is 20.7. The maximum atomic E-state index is 12.3. The van der Waals surface area contributed by atoms with Crippen LogP contribution in [0, 0.1) is 6.92 Å². The molecule has 3 aromatic rings. The van der Waals surface area contributed by atoms with Gasteiger partial charge in [0.1, 0.15) is 0 Å². The van der Waals surface area contributed by atoms with E-state index in [4.69, 9.17) is 8.94 Å². The number of benzene rings is 1. The van der Waals surface area contributed by atoms with Crippen LogP contribution in [-0.2, 0) is 6.42 Å². The Bertz CT molecular complexity index is 957. The minimum atomic E-state index is -0.243. The van der Waals surface area contributed by atoms with E-state index in [0.717, 1.165) is 24.0 Å². The van der Waals surface area contributed by atoms with Crippen molar-refractivity contribution in [2.45, 2.75) is 45.6 Å². The molecular weight excluding hydrogens is 332 g/mol. The first kappa shape index (κ1) is 16.5. The number of rotatable bonds is 4. The lowest BCUT2D eigenvalue weighted by atomic mass is 10.0. The molecule has 1 amide bonds. The summed E-state index contributed by atoms with van der Waals surface area (Å²) >= 11 is 0. The van der Waals surface area contributed by atoms with Crippen molar-refractivity contribution in [3.8, 4) is 11.4 Å². The predicted molar refractivity (Wildman–Crippen MR) is 93.6 cm³/mol. The zero-order valence-corrected chi connectivity index (χ0v) is 14.9. The molecule has 0 saturated heterocycles. The van der Waals surface area contributed by atoms with Crippen molar-refractivity contribution < 1.29 is 13.7 Å². The van der Waals surface area contributed by atoms with Gasteiger partial charge in [0.15, 0.2) is 5.89 Å². The number of nitrogens with zero attached hydrogens (tertiary/aromatic N) is 3. The van der Waals surface area contributed by atoms with Crippen LogP contribution < -0.4 is 5.32 Å². The van der Waals surface area contributed by atoms with Crippen molar-refractivity contribution in [1.82, 2.24) is 20.4 Å². The van der Waals surface area contributed by atoms with Gasteiger partial charge in [-0.2, -0.15) is 4.98 Å². The van der Waals surface area contributed by atoms with Crippen molar-refractivity contribution >= 4 is 5.91 Å². The number of hydrogen-bond acceptors (Lipinski definition) is 6. The molecule has 26 heavy (non-hydrogen) atoms. The van der Waals surface area contributed by atoms with Crippen LogP contribution in [0.4, 0.5) is 0 Å². The first-order chi connectivity index (χ1) is 12.5. The highest BCUT2D eigenvalue weighted by Crippen LogP contribution is 2.34. The Morgan fingerprint density at radius 2 is 2.19 bits per heavy atom. The van der Waals surface area contributed by atoms with Crippen molar-refractivity contribution in [1.29, 1.82) is 0 Å². The third kappa shape index (κ3) is 3.00. The molecule has 1 atom stereocenters. The number of carbonyl (C=O) groups is 1. The Kier molecular flexibility index (Phi) is 4.06. The van der Waals surface area contributed by atoms with E-state index in [1.807, 2.05) is 26.0 Å². The fourth-order valence-corrected chi connectivity index (χ4v) is 3.19. The molecule has 7 heteroatoms. The van der Waals surface area contributed by atoms with Gasteiger partial charge in [0.05, 0.1) is 12.2 Å². The number of fused-ring (bicyclic) bond motifs is 1. The summed E-state index contributed by atoms with van der Waals surface area (Å²) in [6, 6.07) is 6.04. The van der Waals surface area contributed by atoms with Crippen LogP contribution in [0.5, 0.6) is 0 Å². The van der Waals surface area contributed by atoms with Gasteiger partial charge in [-0.05, 0) is 30.0 Å². The summed E-state index contributed by atoms with van der Waals surface area (Å²) in [6.07, 6.45) is 3.19. The summed E-state index contributed by atoms with van der Waals surface area (Å²) in [6.45, 7) is 5.75. The average Bonchev–Trinajstić information content (AvgIpc) is 3.34. The number of oxazole rings is 1. The number of carbonyl (C=O) groups excluding carboxylic acids is 1. The maximum Gasteiger partial charge on any atom is 0.289 e. The molecule has 7 nitrogen and oxygen atoms in total. The number of nitrogens with one attached hydrogen (secondary N) is 1. The lowest BCUT2D eigenvalue weighted by Gasteiger charge is -2.13. The maximum absolute atomic E-state index is 12.3. The molecular formula is C19H20N4O3. The van der Waals surface area contributed by atoms with E-state index in [1.165, 1.54) is 11.8 Å². The van der Waals surface area contributed by atoms with Crippen LogP contribution in [0.25, 0.3) is 11.4 Å². The van der Waals surface area contributed by atoms with Gasteiger partial charge in [0.25, 0.3) is 5.91 Å². The van der Waals surface area contributed by atoms with E-state index in [2.05, 4.69) is 26.5 Å². The molecule has 1 unspecified atom stereocenters. The van der Waals surface area contributed by atoms with Gasteiger partial charge in [-0.25, -0.2) is 4.98 Å². The fourth-order valence-electron chi connectivity index (χ4n) is 3.19. The van der Waals surface area contributed by atoms with Gasteiger partial charge in [0, 0.05) is 18.4 Å². The number of aryl methyl sites for hydroxylation is 2. The summed E-state index contributed by atoms with van der Waals surface area (Å²) in [5.74, 6) is 1.90. The molecule has 2 aromatic heterocycles. The number of aromatic nitrogens is 3. The van der Waals surface area contributed by atoms with E-state index in [-0.39, 0.29) is 23.6 Å². The molecule has 1 aromatic carbocycles. The molecule has 4 rings (SSSR count). The quantitative estimate of drug-likeness (QED) is 0.771. The van der Waals surface area contributed by atoms with E-state index in [0.29, 0.717) is 17.6 Å². The van der Waals surface area contributed by atoms with E-state index in [9.17, 15) is 4.79 Å². The SMILES string of the molecule is Cc1ncc(C(=O)NC2CCc3cc(-c4noc(C(C)C)n4)ccc32)o1. The molecule has 134 valence electrons. The molecule has 1 aliphatic rings. The van der Waals surface area contributed by atoms with Gasteiger partial charge in [-0.3, -0.25) is 4.79 Å². The minimum Gasteiger partial charge on any atom is -0.436 e. The lowest BCUT2D eigenvalue weighted by molar-refractivity contribution is 0.0907. The molecule has 0 aliphatic heterocycles. The van der Waals surface area contributed by atoms with Gasteiger partial charge < -0.3 is 14.3 Å². The second-order valence-electron chi connectivity index (χ2n) is 6.83. The highest BCUT2D eigenvalue weighted by Gasteiger charge is 2.26. The normalized spacial score (nSPS) is 16.1. The Labute approximate surface area is 150 Å². The smallest absolute Gasteiger partial charge is 0.289 e. The third-order valence-electron chi connectivity index (χ3n) is 4.56. The van der Waals surface area contributed by atoms with Crippen LogP contribution in [0.1, 0.15) is 65.7 Å². The Hall–Kier alpha value is -2.96. The molecule has 0 spiro atoms. The van der Waals surface area contributed by atoms with Crippen LogP contribution in [-0.4, -0.2) is 21.0 Å². The van der Waals surface area contributed by atoms with Crippen molar-refractivity contribution in [3.63, 3.8) is 0 Å². The Balaban J connectivity index is 1.53. The molecule has 1 N–H and O–H groups in total. The van der Waals surface area contributed by atoms with Crippen molar-refractivity contribution in [3.05, 3.63) is 53.1 Å². The molecule has 2 heterocycles. The Morgan fingerprint density at radius 3 is 2.88 bits per heavy atom. The molecule has 0 fully saturated rings. The topological polar surface area (TPSA) is 94.1 Å². The van der Waals surface area contributed by atoms with Crippen LogP contribution in [0.3, 0.4) is 0 Å². The van der Waals surface area contributed by atoms with Gasteiger partial charge in [0.2, 0.25) is 17.5 Å². The molecule has 0 saturated carbocycles. The van der Waals surface area contributed by atoms with Crippen LogP contribution in [0.15, 0.2) is 33.3 Å². The van der Waals surface area contributed by atoms with Crippen LogP contribution >= 0.6 is 0 Å². The number of hydrogen-bond donors (Lipinski definition) is 1. The highest BCUT2D eigenvalue weighted by molar-refractivity contribution is 5.91. The lowest BCUT2D eigenvalue weighted by Crippen LogP contribution is -2.26. The Morgan fingerprint density at radius 1 is 1.35 bits per heavy atom. The zero-order chi connectivity index (χ0) is 18.3. The highest BCUT2D eigenvalue weighted by atomic mass is 16.5. The van der Waals surface area contributed by atoms with Crippen LogP contribution in [0.2, 0.25) is 0 Å². The summed E-state index contributed by atoms with van der Waals surface area (Å²) in [7, 11) is 0. The third-order valence-corrected chi connectivity index (χ3v) is 4.56. The van der Waals surface area contributed by atoms with Gasteiger partial charge in [-0.15, -0.1) is 0 Å². The second kappa shape index (κ2) is 6.40. The summed E-state index contributed by atoms with van der Waals surface area (Å²) < 4.78 is 10.6. The first-order valence-corrected chi connectivity index (χ1v) is 8.71. The molecule has 0 radical (unpaired) electrons. The van der Waals surface area contributed by atoms with Crippen molar-refractivity contribution in [2.75, 3.05) is 0 Å². The van der Waals surface area contributed by atoms with E-state index >= 15 is 0 Å². The summed E-state index contributed by atoms with van der Waals surface area (Å²) in [5, 5.41) is 7.09. The standard InChI is InChI=1S/C19H20N4O3/c1-10(2)19-22-17(23-26-19)13-4-6-14-12(8-13)5-7-15(14)21-18(24)16-9-20-11(3)25-16/h4,6,8-10,15H,5,7H2,1-3H3,(H,21,24). The zero-order valence-electron chi connectivity index (χ0n) is 14.9. The monoisotopic (exact) mass is 352 g/mol. The fraction of sp³-hybridized carbons (Fsp3) is 0.368. The predicted octanol–water partition coefficient (Wildman–Crippen LogP) is 3.57. The second-order valence-corrected chi connectivity index (χ2v) is 6.83. The number of amides is 1. The first-order valence-electron chi connectivity index (χ1n) is 8.71. The molecule has 1 aliphatic carbocycles.